The van der Waals surface area contributed by atoms with Gasteiger partial charge in [-0.2, -0.15) is 4.68 Å². The van der Waals surface area contributed by atoms with Crippen LogP contribution in [0, 0.1) is 0 Å². The first-order chi connectivity index (χ1) is 16.8. The molecule has 0 bridgehead atoms. The zero-order valence-corrected chi connectivity index (χ0v) is 19.9. The van der Waals surface area contributed by atoms with Crippen molar-refractivity contribution in [1.29, 1.82) is 0 Å². The number of oxime groups is 1. The Bertz CT molecular complexity index is 1440. The molecule has 35 heavy (non-hydrogen) atoms. The van der Waals surface area contributed by atoms with Gasteiger partial charge in [-0.25, -0.2) is 4.98 Å². The van der Waals surface area contributed by atoms with Crippen LogP contribution in [0.3, 0.4) is 0 Å². The average Bonchev–Trinajstić information content (AvgIpc) is 3.40. The van der Waals surface area contributed by atoms with E-state index in [1.165, 1.54) is 17.1 Å². The Morgan fingerprint density at radius 1 is 1.40 bits per heavy atom. The number of anilines is 1. The summed E-state index contributed by atoms with van der Waals surface area (Å²) >= 11 is 2.39. The van der Waals surface area contributed by atoms with Crippen molar-refractivity contribution in [2.75, 3.05) is 11.5 Å². The molecule has 1 saturated heterocycles. The molecule has 3 aromatic rings. The molecule has 14 heteroatoms. The molecule has 0 aliphatic carbocycles. The van der Waals surface area contributed by atoms with Crippen molar-refractivity contribution in [3.8, 4) is 0 Å². The number of carboxylic acid groups (broad SMARTS) is 1. The second-order valence-electron chi connectivity index (χ2n) is 7.93. The molecule has 2 atom stereocenters. The summed E-state index contributed by atoms with van der Waals surface area (Å²) in [6, 6.07) is 6.76. The van der Waals surface area contributed by atoms with Crippen LogP contribution in [0.25, 0.3) is 10.9 Å². The number of aromatic nitrogens is 3. The minimum Gasteiger partial charge on any atom is -0.543 e. The Hall–Kier alpha value is -3.91. The van der Waals surface area contributed by atoms with Crippen molar-refractivity contribution in [2.24, 2.45) is 12.2 Å². The zero-order valence-electron chi connectivity index (χ0n) is 18.2. The average molecular weight is 514 g/mol. The maximum Gasteiger partial charge on any atom is 0.276 e. The van der Waals surface area contributed by atoms with E-state index >= 15 is 0 Å². The number of carbonyl (C=O) groups is 3. The lowest BCUT2D eigenvalue weighted by atomic mass is 10.0. The van der Waals surface area contributed by atoms with E-state index < -0.39 is 34.9 Å². The van der Waals surface area contributed by atoms with E-state index in [0.717, 1.165) is 27.1 Å². The van der Waals surface area contributed by atoms with Gasteiger partial charge in [-0.1, -0.05) is 17.3 Å². The second-order valence-corrected chi connectivity index (χ2v) is 9.92. The number of nitrogens with one attached hydrogen (secondary N) is 1. The fourth-order valence-corrected chi connectivity index (χ4v) is 6.12. The lowest BCUT2D eigenvalue weighted by molar-refractivity contribution is -0.764. The number of nitrogen functional groups attached to an aromatic ring is 1. The number of para-hydroxylation sites is 1. The van der Waals surface area contributed by atoms with E-state index in [0.29, 0.717) is 11.3 Å². The third-order valence-corrected chi connectivity index (χ3v) is 7.93. The van der Waals surface area contributed by atoms with Crippen LogP contribution in [-0.2, 0) is 28.0 Å². The summed E-state index contributed by atoms with van der Waals surface area (Å²) in [6.07, 6.45) is 1.91. The first-order valence-electron chi connectivity index (χ1n) is 10.4. The number of aryl methyl sites for hydroxylation is 1. The molecule has 0 radical (unpaired) electrons. The van der Waals surface area contributed by atoms with Crippen LogP contribution in [0.5, 0.6) is 0 Å². The Morgan fingerprint density at radius 2 is 2.17 bits per heavy atom. The first-order valence-corrected chi connectivity index (χ1v) is 12.3. The zero-order chi connectivity index (χ0) is 24.9. The number of nitrogens with two attached hydrogens (primary N) is 1. The van der Waals surface area contributed by atoms with Crippen LogP contribution in [-0.4, -0.2) is 60.4 Å². The number of hydrogen-bond donors (Lipinski definition) is 3. The number of benzene rings is 1. The van der Waals surface area contributed by atoms with Crippen molar-refractivity contribution >= 4 is 62.6 Å². The lowest BCUT2D eigenvalue weighted by Crippen LogP contribution is -2.71. The SMILES string of the molecule is Cn1c2ccccc2c[n+]1CC1=C(C(=O)[O-])N2C(=O)[C@@H](NC(=O)/C(=N\O)c3csc(N)n3)[C@H]2SC1. The molecule has 1 fully saturated rings. The van der Waals surface area contributed by atoms with E-state index in [4.69, 9.17) is 5.73 Å². The number of carbonyl (C=O) groups excluding carboxylic acids is 3. The predicted molar refractivity (Wildman–Crippen MR) is 125 cm³/mol. The van der Waals surface area contributed by atoms with Crippen LogP contribution < -0.4 is 20.8 Å². The van der Waals surface area contributed by atoms with E-state index in [-0.39, 0.29) is 23.1 Å². The molecule has 180 valence electrons. The summed E-state index contributed by atoms with van der Waals surface area (Å²) in [5, 5.41) is 28.8. The van der Waals surface area contributed by atoms with E-state index in [1.807, 2.05) is 46.9 Å². The van der Waals surface area contributed by atoms with Crippen molar-refractivity contribution < 1.29 is 29.4 Å². The summed E-state index contributed by atoms with van der Waals surface area (Å²) < 4.78 is 3.78. The van der Waals surface area contributed by atoms with Crippen molar-refractivity contribution in [3.05, 3.63) is 52.8 Å². The Balaban J connectivity index is 1.37. The van der Waals surface area contributed by atoms with Gasteiger partial charge in [-0.05, 0) is 12.1 Å². The molecule has 4 heterocycles. The number of thioether (sulfide) groups is 1. The highest BCUT2D eigenvalue weighted by Gasteiger charge is 2.53. The summed E-state index contributed by atoms with van der Waals surface area (Å²) in [5.74, 6) is -2.56. The van der Waals surface area contributed by atoms with E-state index in [1.54, 1.807) is 0 Å². The monoisotopic (exact) mass is 513 g/mol. The fraction of sp³-hybridized carbons (Fsp3) is 0.238. The Morgan fingerprint density at radius 3 is 2.83 bits per heavy atom. The molecule has 2 aliphatic heterocycles. The summed E-state index contributed by atoms with van der Waals surface area (Å²) in [4.78, 5) is 42.7. The van der Waals surface area contributed by atoms with Gasteiger partial charge in [-0.3, -0.25) is 14.5 Å². The number of thiazole rings is 1. The standard InChI is InChI=1S/C21H19N7O5S2/c1-26-13-5-3-2-4-10(13)6-27(26)7-11-8-34-19-15(18(30)28(19)16(11)20(31)32)24-17(29)14(25-33)12-9-35-21(22)23-12/h2-6,9,15,19H,7-8H2,1H3,(H4-,22,23,24,29,31,32,33)/t15-,19-/m1/s1. The normalized spacial score (nSPS) is 20.1. The minimum absolute atomic E-state index is 0.0667. The van der Waals surface area contributed by atoms with Crippen LogP contribution in [0.1, 0.15) is 5.69 Å². The molecule has 2 aromatic heterocycles. The molecular weight excluding hydrogens is 494 g/mol. The van der Waals surface area contributed by atoms with Gasteiger partial charge in [0.25, 0.3) is 11.8 Å². The highest BCUT2D eigenvalue weighted by atomic mass is 32.2. The topological polar surface area (TPSA) is 170 Å². The number of nitrogens with zero attached hydrogens (tertiary/aromatic N) is 5. The molecule has 2 aliphatic rings. The van der Waals surface area contributed by atoms with Crippen molar-refractivity contribution in [1.82, 2.24) is 19.9 Å². The molecule has 1 aromatic carbocycles. The minimum atomic E-state index is -1.46. The third kappa shape index (κ3) is 3.80. The molecule has 0 spiro atoms. The van der Waals surface area contributed by atoms with Gasteiger partial charge in [0.05, 0.1) is 24.1 Å². The van der Waals surface area contributed by atoms with Crippen LogP contribution in [0.15, 0.2) is 52.3 Å². The lowest BCUT2D eigenvalue weighted by Gasteiger charge is -2.50. The van der Waals surface area contributed by atoms with Crippen molar-refractivity contribution in [2.45, 2.75) is 18.0 Å². The third-order valence-electron chi connectivity index (χ3n) is 5.92. The number of rotatable bonds is 6. The molecular formula is C21H19N7O5S2. The largest absolute Gasteiger partial charge is 0.543 e. The second kappa shape index (κ2) is 8.70. The van der Waals surface area contributed by atoms with Crippen LogP contribution >= 0.6 is 23.1 Å². The van der Waals surface area contributed by atoms with Gasteiger partial charge in [0.15, 0.2) is 17.4 Å². The van der Waals surface area contributed by atoms with Crippen molar-refractivity contribution in [3.63, 3.8) is 0 Å². The molecule has 2 amide bonds. The number of amides is 2. The Labute approximate surface area is 206 Å². The smallest absolute Gasteiger partial charge is 0.276 e. The fourth-order valence-electron chi connectivity index (χ4n) is 4.24. The molecule has 12 nitrogen and oxygen atoms in total. The maximum atomic E-state index is 12.9. The number of β-lactam (4-membered cyclic amide) rings is 1. The van der Waals surface area contributed by atoms with Gasteiger partial charge < -0.3 is 26.2 Å². The van der Waals surface area contributed by atoms with E-state index in [9.17, 15) is 24.7 Å². The summed E-state index contributed by atoms with van der Waals surface area (Å²) in [5.41, 5.74) is 6.56. The highest BCUT2D eigenvalue weighted by molar-refractivity contribution is 8.00. The number of hydrogen-bond acceptors (Lipinski definition) is 10. The molecule has 4 N–H and O–H groups in total. The molecule has 0 saturated carbocycles. The molecule has 5 rings (SSSR count). The summed E-state index contributed by atoms with van der Waals surface area (Å²) in [7, 11) is 1.87. The number of carboxylic acids is 1. The first kappa shape index (κ1) is 22.9. The van der Waals surface area contributed by atoms with Crippen LogP contribution in [0.2, 0.25) is 0 Å². The number of fused-ring (bicyclic) bond motifs is 2. The van der Waals surface area contributed by atoms with E-state index in [2.05, 4.69) is 15.5 Å². The van der Waals surface area contributed by atoms with Gasteiger partial charge in [0, 0.05) is 16.7 Å². The maximum absolute atomic E-state index is 12.9. The quantitative estimate of drug-likeness (QED) is 0.121. The number of aliphatic carboxylic acids is 1. The van der Waals surface area contributed by atoms with Gasteiger partial charge in [0.1, 0.15) is 22.6 Å². The summed E-state index contributed by atoms with van der Waals surface area (Å²) in [6.45, 7) is 0.252. The molecule has 0 unspecified atom stereocenters. The van der Waals surface area contributed by atoms with Gasteiger partial charge >= 0.3 is 0 Å². The van der Waals surface area contributed by atoms with Gasteiger partial charge in [0.2, 0.25) is 6.20 Å². The predicted octanol–water partition coefficient (Wildman–Crippen LogP) is -1.21. The van der Waals surface area contributed by atoms with Gasteiger partial charge in [-0.15, -0.1) is 27.8 Å². The van der Waals surface area contributed by atoms with Crippen LogP contribution in [0.4, 0.5) is 5.13 Å². The Kier molecular flexibility index (Phi) is 5.68. The highest BCUT2D eigenvalue weighted by Crippen LogP contribution is 2.40.